The van der Waals surface area contributed by atoms with Crippen LogP contribution in [-0.4, -0.2) is 0 Å². The third kappa shape index (κ3) is 1.22. The minimum Gasteiger partial charge on any atom is -0.399 e. The summed E-state index contributed by atoms with van der Waals surface area (Å²) in [4.78, 5) is 0. The lowest BCUT2D eigenvalue weighted by atomic mass is 10.1. The first kappa shape index (κ1) is 3.25. The molecule has 0 aliphatic heterocycles. The van der Waals surface area contributed by atoms with Crippen molar-refractivity contribution in [2.45, 2.75) is 13.8 Å². The highest BCUT2D eigenvalue weighted by atomic mass is 14.5. The molecular formula is C8H11N. The van der Waals surface area contributed by atoms with E-state index in [2.05, 4.69) is 0 Å². The second-order valence-corrected chi connectivity index (χ2v) is 2.07. The van der Waals surface area contributed by atoms with Gasteiger partial charge in [0.25, 0.3) is 0 Å². The molecule has 1 aromatic carbocycles. The number of hydrogen-bond donors (Lipinski definition) is 1. The van der Waals surface area contributed by atoms with Gasteiger partial charge in [0.05, 0.1) is 0 Å². The Balaban J connectivity index is 3.19. The van der Waals surface area contributed by atoms with Crippen LogP contribution in [0.4, 0.5) is 5.69 Å². The summed E-state index contributed by atoms with van der Waals surface area (Å²) in [5.41, 5.74) is 7.17. The molecule has 0 aliphatic carbocycles. The van der Waals surface area contributed by atoms with Gasteiger partial charge >= 0.3 is 0 Å². The molecule has 0 spiro atoms. The second-order valence-electron chi connectivity index (χ2n) is 2.07. The average Bonchev–Trinajstić information content (AvgIpc) is 1.83. The summed E-state index contributed by atoms with van der Waals surface area (Å²) >= 11 is 0. The molecule has 1 heteroatoms. The van der Waals surface area contributed by atoms with Gasteiger partial charge in [0.1, 0.15) is 0 Å². The van der Waals surface area contributed by atoms with Crippen molar-refractivity contribution in [3.05, 3.63) is 29.3 Å². The molecule has 0 bridgehead atoms. The Morgan fingerprint density at radius 1 is 1.44 bits per heavy atom. The van der Waals surface area contributed by atoms with Crippen molar-refractivity contribution in [1.82, 2.24) is 0 Å². The average molecular weight is 124 g/mol. The van der Waals surface area contributed by atoms with Crippen LogP contribution < -0.4 is 5.73 Å². The molecule has 0 saturated carbocycles. The molecule has 1 aromatic rings. The number of anilines is 1. The zero-order valence-corrected chi connectivity index (χ0v) is 5.31. The lowest BCUT2D eigenvalue weighted by Gasteiger charge is -1.98. The summed E-state index contributed by atoms with van der Waals surface area (Å²) in [6, 6.07) is 4.83. The van der Waals surface area contributed by atoms with Gasteiger partial charge in [-0.2, -0.15) is 0 Å². The van der Waals surface area contributed by atoms with Crippen LogP contribution in [0.2, 0.25) is 0 Å². The van der Waals surface area contributed by atoms with Gasteiger partial charge in [0, 0.05) is 9.80 Å². The van der Waals surface area contributed by atoms with Gasteiger partial charge in [-0.05, 0) is 37.0 Å². The highest BCUT2D eigenvalue weighted by Gasteiger charge is 1.89. The van der Waals surface area contributed by atoms with E-state index in [0.717, 1.165) is 5.56 Å². The number of nitrogens with two attached hydrogens (primary N) is 1. The maximum Gasteiger partial charge on any atom is 0.0316 e. The smallest absolute Gasteiger partial charge is 0.0316 e. The minimum atomic E-state index is -2.03. The van der Waals surface area contributed by atoms with E-state index >= 15 is 0 Å². The molecule has 1 rings (SSSR count). The molecule has 0 aliphatic rings. The molecule has 1 nitrogen and oxygen atoms in total. The van der Waals surface area contributed by atoms with Crippen LogP contribution in [0.15, 0.2) is 18.2 Å². The highest BCUT2D eigenvalue weighted by molar-refractivity contribution is 5.43. The Morgan fingerprint density at radius 2 is 2.22 bits per heavy atom. The van der Waals surface area contributed by atoms with Crippen molar-refractivity contribution in [2.24, 2.45) is 0 Å². The molecule has 0 atom stereocenters. The summed E-state index contributed by atoms with van der Waals surface area (Å²) in [5, 5.41) is 0. The predicted octanol–water partition coefficient (Wildman–Crippen LogP) is 1.89. The molecule has 0 unspecified atom stereocenters. The summed E-state index contributed by atoms with van der Waals surface area (Å²) in [5.74, 6) is 0. The van der Waals surface area contributed by atoms with Crippen molar-refractivity contribution in [3.63, 3.8) is 0 Å². The first-order valence-electron chi connectivity index (χ1n) is 4.28. The Labute approximate surface area is 59.7 Å². The van der Waals surface area contributed by atoms with E-state index in [1.54, 1.807) is 25.1 Å². The monoisotopic (exact) mass is 124 g/mol. The topological polar surface area (TPSA) is 26.0 Å². The molecule has 0 radical (unpaired) electrons. The van der Waals surface area contributed by atoms with Gasteiger partial charge in [-0.25, -0.2) is 0 Å². The Kier molecular flexibility index (Phi) is 0.758. The number of nitrogen functional groups attached to an aromatic ring is 1. The van der Waals surface area contributed by atoms with Crippen LogP contribution in [0.5, 0.6) is 0 Å². The van der Waals surface area contributed by atoms with Crippen LogP contribution in [0.1, 0.15) is 15.2 Å². The van der Waals surface area contributed by atoms with E-state index in [9.17, 15) is 0 Å². The van der Waals surface area contributed by atoms with Gasteiger partial charge in [-0.15, -0.1) is 0 Å². The molecule has 9 heavy (non-hydrogen) atoms. The van der Waals surface area contributed by atoms with Crippen molar-refractivity contribution >= 4 is 5.69 Å². The maximum absolute atomic E-state index is 7.18. The van der Waals surface area contributed by atoms with Gasteiger partial charge < -0.3 is 5.73 Å². The largest absolute Gasteiger partial charge is 0.399 e. The number of hydrogen-bond acceptors (Lipinski definition) is 1. The number of benzene rings is 1. The zero-order valence-electron chi connectivity index (χ0n) is 8.31. The fourth-order valence-electron chi connectivity index (χ4n) is 0.687. The van der Waals surface area contributed by atoms with E-state index in [1.165, 1.54) is 0 Å². The molecule has 0 heterocycles. The normalized spacial score (nSPS) is 15.9. The van der Waals surface area contributed by atoms with Gasteiger partial charge in [0.15, 0.2) is 0 Å². The number of rotatable bonds is 0. The third-order valence-electron chi connectivity index (χ3n) is 1.25. The fourth-order valence-corrected chi connectivity index (χ4v) is 0.687. The first-order valence-corrected chi connectivity index (χ1v) is 2.78. The molecular weight excluding hydrogens is 110 g/mol. The summed E-state index contributed by atoms with van der Waals surface area (Å²) in [6.07, 6.45) is 0. The van der Waals surface area contributed by atoms with E-state index in [-0.39, 0.29) is 0 Å². The van der Waals surface area contributed by atoms with E-state index < -0.39 is 6.85 Å². The van der Waals surface area contributed by atoms with Crippen molar-refractivity contribution in [2.75, 3.05) is 5.73 Å². The molecule has 0 fully saturated rings. The van der Waals surface area contributed by atoms with Gasteiger partial charge in [-0.3, -0.25) is 0 Å². The predicted molar refractivity (Wildman–Crippen MR) is 40.3 cm³/mol. The maximum atomic E-state index is 7.18. The Morgan fingerprint density at radius 3 is 2.78 bits per heavy atom. The van der Waals surface area contributed by atoms with Gasteiger partial charge in [0.2, 0.25) is 0 Å². The molecule has 48 valence electrons. The number of aryl methyl sites for hydroxylation is 2. The lowest BCUT2D eigenvalue weighted by molar-refractivity contribution is 1.34. The summed E-state index contributed by atoms with van der Waals surface area (Å²) < 4.78 is 21.5. The van der Waals surface area contributed by atoms with Crippen molar-refractivity contribution in [1.29, 1.82) is 0 Å². The Bertz CT molecular complexity index is 291. The SMILES string of the molecule is [2H]C([2H])([2H])c1ccc(N)cc1C. The first-order chi connectivity index (χ1) is 5.41. The standard InChI is InChI=1S/C8H11N/c1-6-3-4-8(9)5-7(6)2/h3-5H,9H2,1-2H3/i1D3. The quantitative estimate of drug-likeness (QED) is 0.525. The lowest BCUT2D eigenvalue weighted by Crippen LogP contribution is -1.86. The van der Waals surface area contributed by atoms with Crippen LogP contribution >= 0.6 is 0 Å². The second kappa shape index (κ2) is 2.09. The Hall–Kier alpha value is -0.980. The van der Waals surface area contributed by atoms with Crippen LogP contribution in [-0.2, 0) is 0 Å². The van der Waals surface area contributed by atoms with Crippen LogP contribution in [0, 0.1) is 13.8 Å². The zero-order chi connectivity index (χ0) is 9.35. The molecule has 0 saturated heterocycles. The molecule has 0 aromatic heterocycles. The van der Waals surface area contributed by atoms with Crippen molar-refractivity contribution in [3.8, 4) is 0 Å². The van der Waals surface area contributed by atoms with E-state index in [0.29, 0.717) is 11.3 Å². The minimum absolute atomic E-state index is 0.372. The van der Waals surface area contributed by atoms with E-state index in [4.69, 9.17) is 9.85 Å². The van der Waals surface area contributed by atoms with Gasteiger partial charge in [-0.1, -0.05) is 6.07 Å². The molecule has 2 N–H and O–H groups in total. The molecule has 0 amide bonds. The third-order valence-corrected chi connectivity index (χ3v) is 1.25. The fraction of sp³-hybridized carbons (Fsp3) is 0.250. The van der Waals surface area contributed by atoms with Crippen molar-refractivity contribution < 1.29 is 4.11 Å². The van der Waals surface area contributed by atoms with Crippen LogP contribution in [0.25, 0.3) is 0 Å². The highest BCUT2D eigenvalue weighted by Crippen LogP contribution is 2.09. The summed E-state index contributed by atoms with van der Waals surface area (Å²) in [6.45, 7) is -0.282. The summed E-state index contributed by atoms with van der Waals surface area (Å²) in [7, 11) is 0. The van der Waals surface area contributed by atoms with Crippen LogP contribution in [0.3, 0.4) is 0 Å². The van der Waals surface area contributed by atoms with E-state index in [1.807, 2.05) is 0 Å².